The first-order valence-corrected chi connectivity index (χ1v) is 4.07. The Balaban J connectivity index is 3.03. The Morgan fingerprint density at radius 3 is 2.47 bits per heavy atom. The molecule has 1 rings (SSSR count). The molecule has 0 saturated heterocycles. The second-order valence-corrected chi connectivity index (χ2v) is 3.01. The highest BCUT2D eigenvalue weighted by Crippen LogP contribution is 2.24. The summed E-state index contributed by atoms with van der Waals surface area (Å²) in [5, 5.41) is 17.6. The standard InChI is InChI=1S/C9H9F2NO3/c10-5-1-2-6(11)8(13)4(5)3-7(12)9(14)15/h1-2,7,13H,3,12H2,(H,14,15). The summed E-state index contributed by atoms with van der Waals surface area (Å²) < 4.78 is 25.9. The van der Waals surface area contributed by atoms with Crippen molar-refractivity contribution in [2.45, 2.75) is 12.5 Å². The Hall–Kier alpha value is -1.69. The average molecular weight is 217 g/mol. The van der Waals surface area contributed by atoms with Crippen molar-refractivity contribution in [3.63, 3.8) is 0 Å². The number of carboxylic acids is 1. The fourth-order valence-corrected chi connectivity index (χ4v) is 1.08. The van der Waals surface area contributed by atoms with E-state index in [1.807, 2.05) is 0 Å². The molecule has 0 saturated carbocycles. The van der Waals surface area contributed by atoms with E-state index < -0.39 is 41.4 Å². The minimum absolute atomic E-state index is 0.426. The Labute approximate surface area is 83.9 Å². The molecule has 4 nitrogen and oxygen atoms in total. The fraction of sp³-hybridized carbons (Fsp3) is 0.222. The van der Waals surface area contributed by atoms with E-state index in [4.69, 9.17) is 15.9 Å². The molecular formula is C9H9F2NO3. The Morgan fingerprint density at radius 2 is 1.93 bits per heavy atom. The Bertz CT molecular complexity index is 395. The van der Waals surface area contributed by atoms with Crippen LogP contribution in [0.2, 0.25) is 0 Å². The topological polar surface area (TPSA) is 83.5 Å². The lowest BCUT2D eigenvalue weighted by Gasteiger charge is -2.09. The van der Waals surface area contributed by atoms with Gasteiger partial charge >= 0.3 is 5.97 Å². The predicted molar refractivity (Wildman–Crippen MR) is 47.3 cm³/mol. The SMILES string of the molecule is NC(Cc1c(F)ccc(F)c1O)C(=O)O. The molecule has 0 fully saturated rings. The molecule has 0 aliphatic heterocycles. The van der Waals surface area contributed by atoms with E-state index in [1.165, 1.54) is 0 Å². The van der Waals surface area contributed by atoms with Gasteiger partial charge in [0.15, 0.2) is 11.6 Å². The number of phenols is 1. The zero-order valence-electron chi connectivity index (χ0n) is 7.58. The highest BCUT2D eigenvalue weighted by Gasteiger charge is 2.19. The minimum Gasteiger partial charge on any atom is -0.505 e. The van der Waals surface area contributed by atoms with Crippen LogP contribution in [0.5, 0.6) is 5.75 Å². The van der Waals surface area contributed by atoms with E-state index in [1.54, 1.807) is 0 Å². The first kappa shape index (κ1) is 11.4. The van der Waals surface area contributed by atoms with Crippen molar-refractivity contribution in [3.8, 4) is 5.75 Å². The van der Waals surface area contributed by atoms with Gasteiger partial charge in [-0.25, -0.2) is 8.78 Å². The molecule has 82 valence electrons. The maximum absolute atomic E-state index is 13.1. The van der Waals surface area contributed by atoms with Crippen LogP contribution in [-0.2, 0) is 11.2 Å². The highest BCUT2D eigenvalue weighted by atomic mass is 19.1. The molecule has 1 aromatic rings. The number of phenolic OH excluding ortho intramolecular Hbond substituents is 1. The van der Waals surface area contributed by atoms with Crippen molar-refractivity contribution in [1.82, 2.24) is 0 Å². The maximum atomic E-state index is 13.1. The van der Waals surface area contributed by atoms with Gasteiger partial charge in [0, 0.05) is 12.0 Å². The maximum Gasteiger partial charge on any atom is 0.320 e. The summed E-state index contributed by atoms with van der Waals surface area (Å²) in [7, 11) is 0. The summed E-state index contributed by atoms with van der Waals surface area (Å²) in [5.74, 6) is -4.14. The van der Waals surface area contributed by atoms with Crippen LogP contribution in [0, 0.1) is 11.6 Å². The summed E-state index contributed by atoms with van der Waals surface area (Å²) in [5.41, 5.74) is 4.71. The van der Waals surface area contributed by atoms with Gasteiger partial charge in [-0.2, -0.15) is 0 Å². The first-order chi connectivity index (χ1) is 6.93. The molecule has 0 heterocycles. The number of hydrogen-bond acceptors (Lipinski definition) is 3. The average Bonchev–Trinajstić information content (AvgIpc) is 2.18. The molecule has 6 heteroatoms. The number of carboxylic acid groups (broad SMARTS) is 1. The summed E-state index contributed by atoms with van der Waals surface area (Å²) in [6.07, 6.45) is -0.468. The molecule has 0 aliphatic rings. The molecule has 1 unspecified atom stereocenters. The molecular weight excluding hydrogens is 208 g/mol. The van der Waals surface area contributed by atoms with Crippen LogP contribution in [0.1, 0.15) is 5.56 Å². The third-order valence-electron chi connectivity index (χ3n) is 1.92. The van der Waals surface area contributed by atoms with Gasteiger partial charge in [-0.05, 0) is 12.1 Å². The molecule has 0 amide bonds. The molecule has 0 spiro atoms. The highest BCUT2D eigenvalue weighted by molar-refractivity contribution is 5.73. The molecule has 0 aromatic heterocycles. The Morgan fingerprint density at radius 1 is 1.40 bits per heavy atom. The number of nitrogens with two attached hydrogens (primary N) is 1. The van der Waals surface area contributed by atoms with Crippen molar-refractivity contribution >= 4 is 5.97 Å². The predicted octanol–water partition coefficient (Wildman–Crippen LogP) is 0.625. The van der Waals surface area contributed by atoms with Gasteiger partial charge < -0.3 is 15.9 Å². The number of hydrogen-bond donors (Lipinski definition) is 3. The van der Waals surface area contributed by atoms with Crippen LogP contribution in [-0.4, -0.2) is 22.2 Å². The van der Waals surface area contributed by atoms with Crippen molar-refractivity contribution < 1.29 is 23.8 Å². The molecule has 0 aliphatic carbocycles. The molecule has 1 aromatic carbocycles. The van der Waals surface area contributed by atoms with E-state index in [0.717, 1.165) is 12.1 Å². The van der Waals surface area contributed by atoms with E-state index in [-0.39, 0.29) is 0 Å². The normalized spacial score (nSPS) is 12.5. The Kier molecular flexibility index (Phi) is 3.21. The second-order valence-electron chi connectivity index (χ2n) is 3.01. The number of carbonyl (C=O) groups is 1. The summed E-state index contributed by atoms with van der Waals surface area (Å²) in [4.78, 5) is 10.4. The fourth-order valence-electron chi connectivity index (χ4n) is 1.08. The van der Waals surface area contributed by atoms with Crippen LogP contribution >= 0.6 is 0 Å². The third kappa shape index (κ3) is 2.41. The summed E-state index contributed by atoms with van der Waals surface area (Å²) >= 11 is 0. The minimum atomic E-state index is -1.38. The number of aliphatic carboxylic acids is 1. The first-order valence-electron chi connectivity index (χ1n) is 4.07. The van der Waals surface area contributed by atoms with E-state index in [2.05, 4.69) is 0 Å². The number of rotatable bonds is 3. The summed E-state index contributed by atoms with van der Waals surface area (Å²) in [6.45, 7) is 0. The number of aromatic hydroxyl groups is 1. The lowest BCUT2D eigenvalue weighted by molar-refractivity contribution is -0.138. The third-order valence-corrected chi connectivity index (χ3v) is 1.92. The van der Waals surface area contributed by atoms with Gasteiger partial charge in [-0.3, -0.25) is 4.79 Å². The van der Waals surface area contributed by atoms with Crippen LogP contribution in [0.25, 0.3) is 0 Å². The quantitative estimate of drug-likeness (QED) is 0.693. The smallest absolute Gasteiger partial charge is 0.320 e. The molecule has 0 bridgehead atoms. The summed E-state index contributed by atoms with van der Waals surface area (Å²) in [6, 6.07) is 0.173. The van der Waals surface area contributed by atoms with Gasteiger partial charge in [-0.15, -0.1) is 0 Å². The van der Waals surface area contributed by atoms with Crippen molar-refractivity contribution in [3.05, 3.63) is 29.3 Å². The largest absolute Gasteiger partial charge is 0.505 e. The van der Waals surface area contributed by atoms with Gasteiger partial charge in [-0.1, -0.05) is 0 Å². The van der Waals surface area contributed by atoms with Gasteiger partial charge in [0.1, 0.15) is 11.9 Å². The van der Waals surface area contributed by atoms with Crippen molar-refractivity contribution in [2.75, 3.05) is 0 Å². The molecule has 15 heavy (non-hydrogen) atoms. The zero-order chi connectivity index (χ0) is 11.6. The van der Waals surface area contributed by atoms with E-state index >= 15 is 0 Å². The van der Waals surface area contributed by atoms with Crippen LogP contribution in [0.4, 0.5) is 8.78 Å². The van der Waals surface area contributed by atoms with Crippen LogP contribution in [0.3, 0.4) is 0 Å². The lowest BCUT2D eigenvalue weighted by Crippen LogP contribution is -2.32. The number of benzene rings is 1. The zero-order valence-corrected chi connectivity index (χ0v) is 7.58. The van der Waals surface area contributed by atoms with Gasteiger partial charge in [0.25, 0.3) is 0 Å². The van der Waals surface area contributed by atoms with E-state index in [9.17, 15) is 13.6 Å². The monoisotopic (exact) mass is 217 g/mol. The van der Waals surface area contributed by atoms with E-state index in [0.29, 0.717) is 0 Å². The van der Waals surface area contributed by atoms with Gasteiger partial charge in [0.2, 0.25) is 0 Å². The molecule has 0 radical (unpaired) electrons. The lowest BCUT2D eigenvalue weighted by atomic mass is 10.0. The van der Waals surface area contributed by atoms with Crippen molar-refractivity contribution in [1.29, 1.82) is 0 Å². The van der Waals surface area contributed by atoms with Gasteiger partial charge in [0.05, 0.1) is 0 Å². The molecule has 1 atom stereocenters. The second kappa shape index (κ2) is 4.22. The number of halogens is 2. The molecule has 4 N–H and O–H groups in total. The van der Waals surface area contributed by atoms with Crippen LogP contribution < -0.4 is 5.73 Å². The van der Waals surface area contributed by atoms with Crippen LogP contribution in [0.15, 0.2) is 12.1 Å². The van der Waals surface area contributed by atoms with Crippen molar-refractivity contribution in [2.24, 2.45) is 5.73 Å².